The van der Waals surface area contributed by atoms with Gasteiger partial charge in [-0.25, -0.2) is 8.42 Å². The number of likely N-dealkylation sites (N-methyl/N-ethyl adjacent to an activating group) is 1. The first-order valence-corrected chi connectivity index (χ1v) is 16.0. The molecular formula is C30H34BrN3O6S. The van der Waals surface area contributed by atoms with Crippen LogP contribution >= 0.6 is 15.9 Å². The van der Waals surface area contributed by atoms with Gasteiger partial charge in [0.15, 0.2) is 11.5 Å². The largest absolute Gasteiger partial charge is 0.454 e. The van der Waals surface area contributed by atoms with Crippen molar-refractivity contribution in [1.82, 2.24) is 10.2 Å². The van der Waals surface area contributed by atoms with E-state index in [1.165, 1.54) is 4.31 Å². The number of carbonyl (C=O) groups excluding carboxylic acids is 2. The first-order chi connectivity index (χ1) is 19.7. The smallest absolute Gasteiger partial charge is 0.243 e. The molecule has 1 aliphatic rings. The molecule has 218 valence electrons. The molecule has 41 heavy (non-hydrogen) atoms. The van der Waals surface area contributed by atoms with Crippen LogP contribution in [0.3, 0.4) is 0 Å². The van der Waals surface area contributed by atoms with Gasteiger partial charge in [0.25, 0.3) is 0 Å². The Hall–Kier alpha value is -3.57. The summed E-state index contributed by atoms with van der Waals surface area (Å²) in [6.45, 7) is 2.66. The van der Waals surface area contributed by atoms with E-state index in [0.717, 1.165) is 21.9 Å². The van der Waals surface area contributed by atoms with E-state index in [4.69, 9.17) is 9.47 Å². The van der Waals surface area contributed by atoms with E-state index in [9.17, 15) is 18.0 Å². The van der Waals surface area contributed by atoms with Crippen LogP contribution in [-0.2, 0) is 32.6 Å². The molecule has 1 heterocycles. The average molecular weight is 645 g/mol. The Morgan fingerprint density at radius 3 is 2.41 bits per heavy atom. The lowest BCUT2D eigenvalue weighted by Crippen LogP contribution is -2.50. The van der Waals surface area contributed by atoms with Crippen LogP contribution in [0, 0.1) is 0 Å². The predicted molar refractivity (Wildman–Crippen MR) is 161 cm³/mol. The first-order valence-electron chi connectivity index (χ1n) is 13.4. The fourth-order valence-electron chi connectivity index (χ4n) is 4.72. The molecule has 1 atom stereocenters. The first kappa shape index (κ1) is 30.4. The highest BCUT2D eigenvalue weighted by molar-refractivity contribution is 9.10. The molecule has 0 radical (unpaired) electrons. The van der Waals surface area contributed by atoms with Gasteiger partial charge >= 0.3 is 0 Å². The van der Waals surface area contributed by atoms with Crippen molar-refractivity contribution in [1.29, 1.82) is 0 Å². The molecule has 1 N–H and O–H groups in total. The van der Waals surface area contributed by atoms with Gasteiger partial charge < -0.3 is 19.7 Å². The van der Waals surface area contributed by atoms with Crippen LogP contribution in [0.2, 0.25) is 0 Å². The zero-order valence-corrected chi connectivity index (χ0v) is 25.5. The third kappa shape index (κ3) is 8.23. The lowest BCUT2D eigenvalue weighted by atomic mass is 10.0. The fourth-order valence-corrected chi connectivity index (χ4v) is 6.13. The molecule has 0 aliphatic carbocycles. The summed E-state index contributed by atoms with van der Waals surface area (Å²) in [7, 11) is -3.64. The van der Waals surface area contributed by atoms with Crippen molar-refractivity contribution in [2.75, 3.05) is 30.4 Å². The third-order valence-corrected chi connectivity index (χ3v) is 8.35. The Morgan fingerprint density at radius 2 is 1.71 bits per heavy atom. The molecule has 1 unspecified atom stereocenters. The van der Waals surface area contributed by atoms with Gasteiger partial charge in [-0.15, -0.1) is 0 Å². The topological polar surface area (TPSA) is 105 Å². The van der Waals surface area contributed by atoms with Crippen molar-refractivity contribution in [3.05, 3.63) is 88.4 Å². The summed E-state index contributed by atoms with van der Waals surface area (Å²) in [5.41, 5.74) is 2.23. The molecule has 3 aromatic carbocycles. The monoisotopic (exact) mass is 643 g/mol. The standard InChI is InChI=1S/C30H34BrN3O6S/c1-3-32-30(36)26(18-22-9-5-4-6-10-22)33(20-23-11-7-12-24(31)17-23)29(35)13-8-16-34(41(2,37)38)25-14-15-27-28(19-25)40-21-39-27/h4-7,9-12,14-15,17,19,26H,3,8,13,16,18,20-21H2,1-2H3,(H,32,36). The summed E-state index contributed by atoms with van der Waals surface area (Å²) in [6, 6.07) is 21.4. The van der Waals surface area contributed by atoms with Gasteiger partial charge in [0.1, 0.15) is 6.04 Å². The van der Waals surface area contributed by atoms with Gasteiger partial charge in [-0.1, -0.05) is 58.4 Å². The highest BCUT2D eigenvalue weighted by atomic mass is 79.9. The van der Waals surface area contributed by atoms with Gasteiger partial charge in [-0.05, 0) is 48.7 Å². The number of benzene rings is 3. The van der Waals surface area contributed by atoms with Gasteiger partial charge in [0.2, 0.25) is 28.6 Å². The lowest BCUT2D eigenvalue weighted by Gasteiger charge is -2.32. The van der Waals surface area contributed by atoms with Crippen molar-refractivity contribution in [2.45, 2.75) is 38.8 Å². The molecule has 0 bridgehead atoms. The van der Waals surface area contributed by atoms with E-state index in [-0.39, 0.29) is 44.5 Å². The number of carbonyl (C=O) groups is 2. The van der Waals surface area contributed by atoms with E-state index in [1.54, 1.807) is 23.1 Å². The minimum atomic E-state index is -3.64. The van der Waals surface area contributed by atoms with Gasteiger partial charge in [0, 0.05) is 43.0 Å². The number of anilines is 1. The second kappa shape index (κ2) is 13.9. The average Bonchev–Trinajstić information content (AvgIpc) is 3.41. The molecule has 9 nitrogen and oxygen atoms in total. The molecule has 1 aliphatic heterocycles. The number of rotatable bonds is 13. The SMILES string of the molecule is CCNC(=O)C(Cc1ccccc1)N(Cc1cccc(Br)c1)C(=O)CCCN(c1ccc2c(c1)OCO2)S(C)(=O)=O. The number of ether oxygens (including phenoxy) is 2. The molecule has 4 rings (SSSR count). The van der Waals surface area contributed by atoms with Crippen molar-refractivity contribution >= 4 is 43.5 Å². The van der Waals surface area contributed by atoms with E-state index >= 15 is 0 Å². The van der Waals surface area contributed by atoms with Crippen molar-refractivity contribution in [2.24, 2.45) is 0 Å². The predicted octanol–water partition coefficient (Wildman–Crippen LogP) is 4.50. The minimum absolute atomic E-state index is 0.0509. The summed E-state index contributed by atoms with van der Waals surface area (Å²) >= 11 is 3.49. The Kier molecular flexibility index (Phi) is 10.3. The third-order valence-electron chi connectivity index (χ3n) is 6.66. The Bertz CT molecular complexity index is 1470. The van der Waals surface area contributed by atoms with Gasteiger partial charge in [0.05, 0.1) is 11.9 Å². The highest BCUT2D eigenvalue weighted by Gasteiger charge is 2.30. The van der Waals surface area contributed by atoms with Crippen LogP contribution in [0.1, 0.15) is 30.9 Å². The summed E-state index contributed by atoms with van der Waals surface area (Å²) in [4.78, 5) is 28.7. The normalized spacial score (nSPS) is 13.0. The number of nitrogens with one attached hydrogen (secondary N) is 1. The molecule has 0 aromatic heterocycles. The van der Waals surface area contributed by atoms with Crippen LogP contribution in [-0.4, -0.2) is 57.3 Å². The fraction of sp³-hybridized carbons (Fsp3) is 0.333. The number of amides is 2. The number of nitrogens with zero attached hydrogens (tertiary/aromatic N) is 2. The lowest BCUT2D eigenvalue weighted by molar-refractivity contribution is -0.141. The van der Waals surface area contributed by atoms with E-state index in [0.29, 0.717) is 30.2 Å². The Labute approximate surface area is 249 Å². The quantitative estimate of drug-likeness (QED) is 0.294. The number of fused-ring (bicyclic) bond motifs is 1. The van der Waals surface area contributed by atoms with Gasteiger partial charge in [-0.3, -0.25) is 13.9 Å². The van der Waals surface area contributed by atoms with Crippen molar-refractivity contribution < 1.29 is 27.5 Å². The second-order valence-corrected chi connectivity index (χ2v) is 12.6. The maximum absolute atomic E-state index is 13.8. The molecule has 2 amide bonds. The molecule has 0 saturated carbocycles. The number of sulfonamides is 1. The highest BCUT2D eigenvalue weighted by Crippen LogP contribution is 2.36. The van der Waals surface area contributed by atoms with E-state index in [2.05, 4.69) is 21.2 Å². The van der Waals surface area contributed by atoms with E-state index < -0.39 is 16.1 Å². The summed E-state index contributed by atoms with van der Waals surface area (Å²) in [6.07, 6.45) is 1.78. The van der Waals surface area contributed by atoms with Crippen LogP contribution in [0.25, 0.3) is 0 Å². The minimum Gasteiger partial charge on any atom is -0.454 e. The summed E-state index contributed by atoms with van der Waals surface area (Å²) in [5, 5.41) is 2.88. The Balaban J connectivity index is 1.56. The van der Waals surface area contributed by atoms with Crippen LogP contribution in [0.15, 0.2) is 77.3 Å². The Morgan fingerprint density at radius 1 is 0.976 bits per heavy atom. The molecule has 0 saturated heterocycles. The zero-order valence-electron chi connectivity index (χ0n) is 23.1. The maximum atomic E-state index is 13.8. The van der Waals surface area contributed by atoms with Crippen LogP contribution in [0.4, 0.5) is 5.69 Å². The van der Waals surface area contributed by atoms with Gasteiger partial charge in [-0.2, -0.15) is 0 Å². The molecule has 11 heteroatoms. The number of hydrogen-bond donors (Lipinski definition) is 1. The van der Waals surface area contributed by atoms with Crippen molar-refractivity contribution in [3.63, 3.8) is 0 Å². The summed E-state index contributed by atoms with van der Waals surface area (Å²) in [5.74, 6) is 0.544. The molecule has 0 fully saturated rings. The second-order valence-electron chi connectivity index (χ2n) is 9.73. The number of halogens is 1. The van der Waals surface area contributed by atoms with E-state index in [1.807, 2.05) is 61.5 Å². The zero-order chi connectivity index (χ0) is 29.4. The van der Waals surface area contributed by atoms with Crippen LogP contribution in [0.5, 0.6) is 11.5 Å². The summed E-state index contributed by atoms with van der Waals surface area (Å²) < 4.78 is 38.3. The maximum Gasteiger partial charge on any atom is 0.243 e. The van der Waals surface area contributed by atoms with Crippen LogP contribution < -0.4 is 19.1 Å². The molecule has 3 aromatic rings. The number of hydrogen-bond acceptors (Lipinski definition) is 6. The molecule has 0 spiro atoms. The molecular weight excluding hydrogens is 610 g/mol. The van der Waals surface area contributed by atoms with Crippen molar-refractivity contribution in [3.8, 4) is 11.5 Å².